The van der Waals surface area contributed by atoms with Gasteiger partial charge < -0.3 is 0 Å². The van der Waals surface area contributed by atoms with Crippen LogP contribution in [0.15, 0.2) is 24.3 Å². The molecule has 1 saturated heterocycles. The van der Waals surface area contributed by atoms with Crippen LogP contribution in [0.4, 0.5) is 0 Å². The van der Waals surface area contributed by atoms with Crippen LogP contribution >= 0.6 is 0 Å². The predicted molar refractivity (Wildman–Crippen MR) is 78.3 cm³/mol. The maximum Gasteiger partial charge on any atom is 0.218 e. The van der Waals surface area contributed by atoms with Crippen LogP contribution in [-0.4, -0.2) is 25.3 Å². The van der Waals surface area contributed by atoms with E-state index in [9.17, 15) is 8.42 Å². The minimum atomic E-state index is -3.37. The number of piperidine rings is 1. The molecule has 1 heterocycles. The molecule has 2 rings (SSSR count). The van der Waals surface area contributed by atoms with Crippen molar-refractivity contribution in [3.8, 4) is 6.07 Å². The summed E-state index contributed by atoms with van der Waals surface area (Å²) in [6, 6.07) is 8.99. The quantitative estimate of drug-likeness (QED) is 0.860. The molecule has 1 aliphatic rings. The molecule has 0 radical (unpaired) electrons. The van der Waals surface area contributed by atoms with Crippen LogP contribution < -0.4 is 0 Å². The van der Waals surface area contributed by atoms with E-state index in [-0.39, 0.29) is 11.8 Å². The normalized spacial score (nSPS) is 24.2. The Morgan fingerprint density at radius 3 is 2.75 bits per heavy atom. The molecule has 0 N–H and O–H groups in total. The Labute approximate surface area is 121 Å². The Bertz CT molecular complexity index is 619. The number of hydrogen-bond acceptors (Lipinski definition) is 3. The van der Waals surface area contributed by atoms with E-state index in [0.717, 1.165) is 12.8 Å². The van der Waals surface area contributed by atoms with Crippen LogP contribution in [0, 0.1) is 17.2 Å². The highest BCUT2D eigenvalue weighted by atomic mass is 32.2. The third kappa shape index (κ3) is 3.02. The molecule has 2 atom stereocenters. The summed E-state index contributed by atoms with van der Waals surface area (Å²) in [7, 11) is -3.37. The Morgan fingerprint density at radius 1 is 1.35 bits per heavy atom. The van der Waals surface area contributed by atoms with Crippen molar-refractivity contribution in [1.29, 1.82) is 5.26 Å². The Kier molecular flexibility index (Phi) is 4.46. The zero-order valence-corrected chi connectivity index (χ0v) is 12.7. The molecular weight excluding hydrogens is 272 g/mol. The van der Waals surface area contributed by atoms with Crippen molar-refractivity contribution in [3.05, 3.63) is 35.4 Å². The lowest BCUT2D eigenvalue weighted by molar-refractivity contribution is 0.202. The standard InChI is InChI=1S/C15H20N2O2S/c1-12-6-5-9-17(13(12)2)20(18,19)11-15-8-4-3-7-14(15)10-16/h3-4,7-8,12-13H,5-6,9,11H2,1-2H3. The SMILES string of the molecule is CC1CCCN(S(=O)(=O)Cc2ccccc2C#N)C1C. The lowest BCUT2D eigenvalue weighted by Gasteiger charge is -2.36. The van der Waals surface area contributed by atoms with Crippen molar-refractivity contribution in [2.24, 2.45) is 5.92 Å². The summed E-state index contributed by atoms with van der Waals surface area (Å²) in [5.41, 5.74) is 1.02. The lowest BCUT2D eigenvalue weighted by Crippen LogP contribution is -2.46. The van der Waals surface area contributed by atoms with Gasteiger partial charge in [0.15, 0.2) is 0 Å². The zero-order chi connectivity index (χ0) is 14.8. The van der Waals surface area contributed by atoms with Crippen LogP contribution in [-0.2, 0) is 15.8 Å². The molecule has 0 amide bonds. The van der Waals surface area contributed by atoms with Gasteiger partial charge in [-0.1, -0.05) is 25.1 Å². The van der Waals surface area contributed by atoms with Crippen molar-refractivity contribution in [2.75, 3.05) is 6.54 Å². The molecule has 5 heteroatoms. The van der Waals surface area contributed by atoms with E-state index in [1.165, 1.54) is 0 Å². The van der Waals surface area contributed by atoms with Gasteiger partial charge in [0.1, 0.15) is 0 Å². The molecule has 20 heavy (non-hydrogen) atoms. The largest absolute Gasteiger partial charge is 0.218 e. The molecule has 0 saturated carbocycles. The minimum absolute atomic E-state index is 0.0306. The van der Waals surface area contributed by atoms with Gasteiger partial charge in [-0.2, -0.15) is 9.57 Å². The van der Waals surface area contributed by atoms with E-state index < -0.39 is 10.0 Å². The summed E-state index contributed by atoms with van der Waals surface area (Å²) in [4.78, 5) is 0. The molecule has 0 bridgehead atoms. The second-order valence-corrected chi connectivity index (χ2v) is 7.42. The first-order chi connectivity index (χ1) is 9.45. The van der Waals surface area contributed by atoms with Crippen LogP contribution in [0.3, 0.4) is 0 Å². The molecule has 2 unspecified atom stereocenters. The number of hydrogen-bond donors (Lipinski definition) is 0. The van der Waals surface area contributed by atoms with E-state index in [1.807, 2.05) is 6.92 Å². The fourth-order valence-electron chi connectivity index (χ4n) is 2.72. The van der Waals surface area contributed by atoms with Crippen LogP contribution in [0.5, 0.6) is 0 Å². The van der Waals surface area contributed by atoms with E-state index >= 15 is 0 Å². The highest BCUT2D eigenvalue weighted by molar-refractivity contribution is 7.88. The van der Waals surface area contributed by atoms with Gasteiger partial charge in [-0.05, 0) is 37.3 Å². The number of benzene rings is 1. The second kappa shape index (κ2) is 5.94. The lowest BCUT2D eigenvalue weighted by atomic mass is 9.94. The topological polar surface area (TPSA) is 61.2 Å². The number of sulfonamides is 1. The maximum absolute atomic E-state index is 12.6. The summed E-state index contributed by atoms with van der Waals surface area (Å²) >= 11 is 0. The second-order valence-electron chi connectivity index (χ2n) is 5.50. The van der Waals surface area contributed by atoms with Crippen molar-refractivity contribution in [2.45, 2.75) is 38.5 Å². The van der Waals surface area contributed by atoms with Gasteiger partial charge in [-0.15, -0.1) is 0 Å². The highest BCUT2D eigenvalue weighted by Gasteiger charge is 2.33. The summed E-state index contributed by atoms with van der Waals surface area (Å²) < 4.78 is 26.8. The average molecular weight is 292 g/mol. The molecule has 0 spiro atoms. The zero-order valence-electron chi connectivity index (χ0n) is 11.9. The van der Waals surface area contributed by atoms with Crippen molar-refractivity contribution in [3.63, 3.8) is 0 Å². The molecular formula is C15H20N2O2S. The first kappa shape index (κ1) is 15.0. The van der Waals surface area contributed by atoms with Crippen LogP contribution in [0.25, 0.3) is 0 Å². The molecule has 108 valence electrons. The van der Waals surface area contributed by atoms with Gasteiger partial charge >= 0.3 is 0 Å². The molecule has 1 aromatic carbocycles. The Hall–Kier alpha value is -1.38. The summed E-state index contributed by atoms with van der Waals surface area (Å²) in [6.07, 6.45) is 1.98. The first-order valence-corrected chi connectivity index (χ1v) is 8.54. The van der Waals surface area contributed by atoms with E-state index in [0.29, 0.717) is 23.6 Å². The summed E-state index contributed by atoms with van der Waals surface area (Å²) in [6.45, 7) is 4.65. The molecule has 0 aromatic heterocycles. The molecule has 4 nitrogen and oxygen atoms in total. The third-order valence-electron chi connectivity index (χ3n) is 4.15. The van der Waals surface area contributed by atoms with Crippen molar-refractivity contribution < 1.29 is 8.42 Å². The molecule has 1 aromatic rings. The fourth-order valence-corrected chi connectivity index (χ4v) is 4.66. The van der Waals surface area contributed by atoms with Crippen LogP contribution in [0.2, 0.25) is 0 Å². The third-order valence-corrected chi connectivity index (χ3v) is 6.05. The van der Waals surface area contributed by atoms with Gasteiger partial charge in [0, 0.05) is 12.6 Å². The monoisotopic (exact) mass is 292 g/mol. The summed E-state index contributed by atoms with van der Waals surface area (Å²) in [5, 5.41) is 9.06. The van der Waals surface area contributed by atoms with Crippen molar-refractivity contribution in [1.82, 2.24) is 4.31 Å². The first-order valence-electron chi connectivity index (χ1n) is 6.93. The predicted octanol–water partition coefficient (Wildman–Crippen LogP) is 2.51. The van der Waals surface area contributed by atoms with E-state index in [1.54, 1.807) is 28.6 Å². The molecule has 1 aliphatic heterocycles. The van der Waals surface area contributed by atoms with Gasteiger partial charge in [0.25, 0.3) is 0 Å². The highest BCUT2D eigenvalue weighted by Crippen LogP contribution is 2.27. The van der Waals surface area contributed by atoms with Gasteiger partial charge in [-0.25, -0.2) is 8.42 Å². The smallest absolute Gasteiger partial charge is 0.212 e. The summed E-state index contributed by atoms with van der Waals surface area (Å²) in [5.74, 6) is 0.290. The average Bonchev–Trinajstić information content (AvgIpc) is 2.42. The molecule has 0 aliphatic carbocycles. The van der Waals surface area contributed by atoms with Gasteiger partial charge in [-0.3, -0.25) is 0 Å². The van der Waals surface area contributed by atoms with E-state index in [2.05, 4.69) is 13.0 Å². The van der Waals surface area contributed by atoms with Crippen LogP contribution in [0.1, 0.15) is 37.8 Å². The van der Waals surface area contributed by atoms with Gasteiger partial charge in [0.2, 0.25) is 10.0 Å². The number of rotatable bonds is 3. The van der Waals surface area contributed by atoms with E-state index in [4.69, 9.17) is 5.26 Å². The fraction of sp³-hybridized carbons (Fsp3) is 0.533. The Balaban J connectivity index is 2.25. The Morgan fingerprint density at radius 2 is 2.05 bits per heavy atom. The van der Waals surface area contributed by atoms with Crippen molar-refractivity contribution >= 4 is 10.0 Å². The maximum atomic E-state index is 12.6. The molecule has 1 fully saturated rings. The number of nitriles is 1. The number of nitrogens with zero attached hydrogens (tertiary/aromatic N) is 2. The minimum Gasteiger partial charge on any atom is -0.212 e. The van der Waals surface area contributed by atoms with Gasteiger partial charge in [0.05, 0.1) is 17.4 Å².